The van der Waals surface area contributed by atoms with E-state index in [4.69, 9.17) is 0 Å². The first kappa shape index (κ1) is 11.3. The lowest BCUT2D eigenvalue weighted by Crippen LogP contribution is -2.33. The molecule has 0 aromatic heterocycles. The summed E-state index contributed by atoms with van der Waals surface area (Å²) < 4.78 is 0. The summed E-state index contributed by atoms with van der Waals surface area (Å²) in [4.78, 5) is 10.5. The lowest BCUT2D eigenvalue weighted by atomic mass is 9.75. The number of hydrogen-bond donors (Lipinski definition) is 1. The molecule has 0 heterocycles. The van der Waals surface area contributed by atoms with E-state index in [1.54, 1.807) is 0 Å². The Labute approximate surface area is 96.3 Å². The van der Waals surface area contributed by atoms with Crippen molar-refractivity contribution >= 4 is 6.29 Å². The molecule has 0 radical (unpaired) electrons. The molecule has 0 spiro atoms. The normalized spacial score (nSPS) is 29.9. The molecule has 0 amide bonds. The number of carbonyl (C=O) groups excluding carboxylic acids is 1. The zero-order valence-electron chi connectivity index (χ0n) is 9.43. The first-order valence-electron chi connectivity index (χ1n) is 5.94. The molecular formula is C14H18O2. The van der Waals surface area contributed by atoms with Gasteiger partial charge in [-0.15, -0.1) is 0 Å². The van der Waals surface area contributed by atoms with Gasteiger partial charge >= 0.3 is 0 Å². The molecule has 0 unspecified atom stereocenters. The van der Waals surface area contributed by atoms with Crippen molar-refractivity contribution in [2.45, 2.75) is 43.6 Å². The molecule has 1 aliphatic rings. The van der Waals surface area contributed by atoms with E-state index >= 15 is 0 Å². The van der Waals surface area contributed by atoms with E-state index in [0.29, 0.717) is 5.92 Å². The van der Waals surface area contributed by atoms with Gasteiger partial charge in [-0.25, -0.2) is 0 Å². The molecule has 1 aromatic rings. The van der Waals surface area contributed by atoms with E-state index in [2.05, 4.69) is 24.3 Å². The third-order valence-electron chi connectivity index (χ3n) is 3.65. The van der Waals surface area contributed by atoms with Crippen LogP contribution in [0.15, 0.2) is 30.3 Å². The first-order chi connectivity index (χ1) is 7.73. The van der Waals surface area contributed by atoms with Crippen LogP contribution in [0, 0.1) is 0 Å². The van der Waals surface area contributed by atoms with E-state index in [1.807, 2.05) is 6.07 Å². The number of hydrogen-bond acceptors (Lipinski definition) is 2. The van der Waals surface area contributed by atoms with Crippen molar-refractivity contribution in [1.82, 2.24) is 0 Å². The number of aldehydes is 1. The van der Waals surface area contributed by atoms with Crippen LogP contribution < -0.4 is 0 Å². The van der Waals surface area contributed by atoms with Crippen LogP contribution in [0.25, 0.3) is 0 Å². The topological polar surface area (TPSA) is 37.3 Å². The van der Waals surface area contributed by atoms with Crippen molar-refractivity contribution in [1.29, 1.82) is 0 Å². The summed E-state index contributed by atoms with van der Waals surface area (Å²) in [5, 5.41) is 10.1. The molecule has 2 heteroatoms. The second-order valence-electron chi connectivity index (χ2n) is 4.78. The Morgan fingerprint density at radius 1 is 1.25 bits per heavy atom. The SMILES string of the molecule is O=CCC1(O)CCC(c2ccccc2)CC1. The molecule has 0 bridgehead atoms. The van der Waals surface area contributed by atoms with Crippen molar-refractivity contribution in [3.8, 4) is 0 Å². The average Bonchev–Trinajstić information content (AvgIpc) is 2.31. The Morgan fingerprint density at radius 3 is 2.44 bits per heavy atom. The maximum atomic E-state index is 10.5. The zero-order chi connectivity index (χ0) is 11.4. The maximum Gasteiger partial charge on any atom is 0.122 e. The average molecular weight is 218 g/mol. The van der Waals surface area contributed by atoms with E-state index in [0.717, 1.165) is 32.0 Å². The van der Waals surface area contributed by atoms with Crippen LogP contribution in [-0.4, -0.2) is 17.0 Å². The second kappa shape index (κ2) is 4.79. The van der Waals surface area contributed by atoms with Crippen LogP contribution in [-0.2, 0) is 4.79 Å². The molecule has 0 atom stereocenters. The molecule has 1 N–H and O–H groups in total. The molecule has 86 valence electrons. The third kappa shape index (κ3) is 2.50. The summed E-state index contributed by atoms with van der Waals surface area (Å²) in [6.07, 6.45) is 4.57. The summed E-state index contributed by atoms with van der Waals surface area (Å²) in [6.45, 7) is 0. The zero-order valence-corrected chi connectivity index (χ0v) is 9.43. The minimum absolute atomic E-state index is 0.286. The van der Waals surface area contributed by atoms with Crippen molar-refractivity contribution in [2.24, 2.45) is 0 Å². The monoisotopic (exact) mass is 218 g/mol. The van der Waals surface area contributed by atoms with Gasteiger partial charge in [0.25, 0.3) is 0 Å². The smallest absolute Gasteiger partial charge is 0.122 e. The minimum atomic E-state index is -0.729. The maximum absolute atomic E-state index is 10.5. The number of rotatable bonds is 3. The van der Waals surface area contributed by atoms with Gasteiger partial charge in [0.15, 0.2) is 0 Å². The van der Waals surface area contributed by atoms with Gasteiger partial charge in [0.05, 0.1) is 5.60 Å². The van der Waals surface area contributed by atoms with E-state index in [1.165, 1.54) is 5.56 Å². The molecule has 1 aromatic carbocycles. The highest BCUT2D eigenvalue weighted by molar-refractivity contribution is 5.51. The lowest BCUT2D eigenvalue weighted by Gasteiger charge is -2.35. The molecule has 2 nitrogen and oxygen atoms in total. The summed E-state index contributed by atoms with van der Waals surface area (Å²) in [5.74, 6) is 0.549. The Morgan fingerprint density at radius 2 is 1.88 bits per heavy atom. The molecular weight excluding hydrogens is 200 g/mol. The lowest BCUT2D eigenvalue weighted by molar-refractivity contribution is -0.113. The van der Waals surface area contributed by atoms with Crippen molar-refractivity contribution < 1.29 is 9.90 Å². The standard InChI is InChI=1S/C14H18O2/c15-11-10-14(16)8-6-13(7-9-14)12-4-2-1-3-5-12/h1-5,11,13,16H,6-10H2. The Hall–Kier alpha value is -1.15. The number of carbonyl (C=O) groups is 1. The predicted molar refractivity (Wildman–Crippen MR) is 63.3 cm³/mol. The highest BCUT2D eigenvalue weighted by Crippen LogP contribution is 2.38. The quantitative estimate of drug-likeness (QED) is 0.792. The van der Waals surface area contributed by atoms with Gasteiger partial charge in [-0.3, -0.25) is 0 Å². The molecule has 1 fully saturated rings. The fourth-order valence-corrected chi connectivity index (χ4v) is 2.57. The highest BCUT2D eigenvalue weighted by atomic mass is 16.3. The summed E-state index contributed by atoms with van der Waals surface area (Å²) >= 11 is 0. The summed E-state index contributed by atoms with van der Waals surface area (Å²) in [7, 11) is 0. The van der Waals surface area contributed by atoms with E-state index < -0.39 is 5.60 Å². The Kier molecular flexibility index (Phi) is 3.39. The van der Waals surface area contributed by atoms with Gasteiger partial charge in [-0.1, -0.05) is 30.3 Å². The predicted octanol–water partition coefficient (Wildman–Crippen LogP) is 2.66. The Balaban J connectivity index is 1.98. The Bertz CT molecular complexity index is 337. The summed E-state index contributed by atoms with van der Waals surface area (Å²) in [6, 6.07) is 10.4. The largest absolute Gasteiger partial charge is 0.389 e. The second-order valence-corrected chi connectivity index (χ2v) is 4.78. The number of benzene rings is 1. The van der Waals surface area contributed by atoms with Crippen molar-refractivity contribution in [3.05, 3.63) is 35.9 Å². The van der Waals surface area contributed by atoms with Gasteiger partial charge in [0.2, 0.25) is 0 Å². The molecule has 0 saturated heterocycles. The third-order valence-corrected chi connectivity index (χ3v) is 3.65. The summed E-state index contributed by atoms with van der Waals surface area (Å²) in [5.41, 5.74) is 0.628. The molecule has 16 heavy (non-hydrogen) atoms. The fourth-order valence-electron chi connectivity index (χ4n) is 2.57. The van der Waals surface area contributed by atoms with Gasteiger partial charge in [0, 0.05) is 6.42 Å². The first-order valence-corrected chi connectivity index (χ1v) is 5.94. The van der Waals surface area contributed by atoms with Crippen molar-refractivity contribution in [3.63, 3.8) is 0 Å². The van der Waals surface area contributed by atoms with Gasteiger partial charge in [-0.05, 0) is 37.2 Å². The highest BCUT2D eigenvalue weighted by Gasteiger charge is 2.33. The minimum Gasteiger partial charge on any atom is -0.389 e. The molecule has 0 aliphatic heterocycles. The molecule has 1 aliphatic carbocycles. The van der Waals surface area contributed by atoms with Crippen molar-refractivity contribution in [2.75, 3.05) is 0 Å². The van der Waals surface area contributed by atoms with Gasteiger partial charge < -0.3 is 9.90 Å². The van der Waals surface area contributed by atoms with Crippen LogP contribution >= 0.6 is 0 Å². The van der Waals surface area contributed by atoms with Crippen LogP contribution in [0.3, 0.4) is 0 Å². The van der Waals surface area contributed by atoms with Gasteiger partial charge in [0.1, 0.15) is 6.29 Å². The van der Waals surface area contributed by atoms with E-state index in [-0.39, 0.29) is 6.42 Å². The number of aliphatic hydroxyl groups is 1. The van der Waals surface area contributed by atoms with Crippen LogP contribution in [0.1, 0.15) is 43.6 Å². The van der Waals surface area contributed by atoms with Crippen LogP contribution in [0.2, 0.25) is 0 Å². The molecule has 2 rings (SSSR count). The van der Waals surface area contributed by atoms with E-state index in [9.17, 15) is 9.90 Å². The van der Waals surface area contributed by atoms with Crippen LogP contribution in [0.4, 0.5) is 0 Å². The molecule has 1 saturated carbocycles. The van der Waals surface area contributed by atoms with Crippen LogP contribution in [0.5, 0.6) is 0 Å². The fraction of sp³-hybridized carbons (Fsp3) is 0.500. The van der Waals surface area contributed by atoms with Gasteiger partial charge in [-0.2, -0.15) is 0 Å².